The van der Waals surface area contributed by atoms with Crippen molar-refractivity contribution in [1.82, 2.24) is 9.78 Å². The highest BCUT2D eigenvalue weighted by Gasteiger charge is 2.19. The van der Waals surface area contributed by atoms with Gasteiger partial charge in [0.2, 0.25) is 0 Å². The maximum absolute atomic E-state index is 10.1. The van der Waals surface area contributed by atoms with Gasteiger partial charge in [-0.2, -0.15) is 5.10 Å². The van der Waals surface area contributed by atoms with Crippen LogP contribution in [0.3, 0.4) is 0 Å². The van der Waals surface area contributed by atoms with E-state index >= 15 is 0 Å². The third-order valence-corrected chi connectivity index (χ3v) is 4.06. The van der Waals surface area contributed by atoms with E-state index in [-0.39, 0.29) is 12.3 Å². The zero-order valence-electron chi connectivity index (χ0n) is 12.0. The predicted molar refractivity (Wildman–Crippen MR) is 80.0 cm³/mol. The molecular formula is C15H25ClN2O2. The number of hydrogen-bond acceptors (Lipinski definition) is 3. The van der Waals surface area contributed by atoms with Gasteiger partial charge in [0, 0.05) is 30.8 Å². The van der Waals surface area contributed by atoms with Crippen molar-refractivity contribution < 1.29 is 9.84 Å². The first-order chi connectivity index (χ1) is 9.81. The topological polar surface area (TPSA) is 47.3 Å². The van der Waals surface area contributed by atoms with Crippen LogP contribution in [0.1, 0.15) is 56.9 Å². The molecule has 0 saturated carbocycles. The normalized spacial score (nSPS) is 21.0. The predicted octanol–water partition coefficient (Wildman–Crippen LogP) is 3.28. The highest BCUT2D eigenvalue weighted by atomic mass is 35.5. The standard InChI is InChI=1S/C15H25ClN2O2/c16-9-4-1-2-6-14(19)12-13-8-10-17-18(13)15-7-3-5-11-20-15/h8,10,14-15,19H,1-7,9,11-12H2. The molecular weight excluding hydrogens is 276 g/mol. The molecule has 0 bridgehead atoms. The molecule has 4 nitrogen and oxygen atoms in total. The Labute approximate surface area is 126 Å². The average molecular weight is 301 g/mol. The Morgan fingerprint density at radius 3 is 3.05 bits per heavy atom. The van der Waals surface area contributed by atoms with Crippen molar-refractivity contribution in [3.63, 3.8) is 0 Å². The fourth-order valence-corrected chi connectivity index (χ4v) is 2.86. The average Bonchev–Trinajstić information content (AvgIpc) is 2.92. The third-order valence-electron chi connectivity index (χ3n) is 3.80. The molecule has 1 aromatic rings. The van der Waals surface area contributed by atoms with Crippen LogP contribution in [-0.2, 0) is 11.2 Å². The van der Waals surface area contributed by atoms with Crippen molar-refractivity contribution in [2.24, 2.45) is 0 Å². The molecule has 1 aliphatic heterocycles. The number of unbranched alkanes of at least 4 members (excludes halogenated alkanes) is 2. The monoisotopic (exact) mass is 300 g/mol. The van der Waals surface area contributed by atoms with E-state index in [9.17, 15) is 5.11 Å². The molecule has 1 N–H and O–H groups in total. The fourth-order valence-electron chi connectivity index (χ4n) is 2.67. The van der Waals surface area contributed by atoms with Gasteiger partial charge < -0.3 is 9.84 Å². The minimum absolute atomic E-state index is 0.0530. The van der Waals surface area contributed by atoms with Crippen LogP contribution in [0.15, 0.2) is 12.3 Å². The summed E-state index contributed by atoms with van der Waals surface area (Å²) in [4.78, 5) is 0. The summed E-state index contributed by atoms with van der Waals surface area (Å²) in [5, 5.41) is 14.5. The molecule has 1 aliphatic rings. The molecule has 114 valence electrons. The molecule has 1 fully saturated rings. The lowest BCUT2D eigenvalue weighted by Crippen LogP contribution is -2.23. The Hall–Kier alpha value is -0.580. The number of alkyl halides is 1. The van der Waals surface area contributed by atoms with E-state index in [2.05, 4.69) is 5.10 Å². The van der Waals surface area contributed by atoms with Crippen molar-refractivity contribution in [3.05, 3.63) is 18.0 Å². The van der Waals surface area contributed by atoms with Crippen LogP contribution in [0.2, 0.25) is 0 Å². The number of halogens is 1. The number of aliphatic hydroxyl groups is 1. The lowest BCUT2D eigenvalue weighted by atomic mass is 10.1. The molecule has 1 aromatic heterocycles. The Bertz CT molecular complexity index is 378. The van der Waals surface area contributed by atoms with Crippen LogP contribution in [0.4, 0.5) is 0 Å². The first-order valence-electron chi connectivity index (χ1n) is 7.69. The maximum Gasteiger partial charge on any atom is 0.150 e. The summed E-state index contributed by atoms with van der Waals surface area (Å²) in [5.74, 6) is 0.710. The quantitative estimate of drug-likeness (QED) is 0.592. The van der Waals surface area contributed by atoms with Gasteiger partial charge in [-0.15, -0.1) is 11.6 Å². The molecule has 0 aromatic carbocycles. The van der Waals surface area contributed by atoms with E-state index in [4.69, 9.17) is 16.3 Å². The van der Waals surface area contributed by atoms with Gasteiger partial charge in [-0.25, -0.2) is 4.68 Å². The van der Waals surface area contributed by atoms with Crippen molar-refractivity contribution in [1.29, 1.82) is 0 Å². The summed E-state index contributed by atoms with van der Waals surface area (Å²) < 4.78 is 7.71. The summed E-state index contributed by atoms with van der Waals surface area (Å²) in [7, 11) is 0. The SMILES string of the molecule is OC(CCCCCCl)Cc1ccnn1C1CCCCO1. The first kappa shape index (κ1) is 15.8. The van der Waals surface area contributed by atoms with E-state index in [0.717, 1.165) is 50.8 Å². The van der Waals surface area contributed by atoms with Gasteiger partial charge in [-0.3, -0.25) is 0 Å². The fraction of sp³-hybridized carbons (Fsp3) is 0.800. The molecule has 0 radical (unpaired) electrons. The number of aromatic nitrogens is 2. The van der Waals surface area contributed by atoms with Crippen LogP contribution in [0, 0.1) is 0 Å². The molecule has 0 aliphatic carbocycles. The van der Waals surface area contributed by atoms with Crippen molar-refractivity contribution >= 4 is 11.6 Å². The second-order valence-electron chi connectivity index (χ2n) is 5.48. The lowest BCUT2D eigenvalue weighted by Gasteiger charge is -2.25. The van der Waals surface area contributed by atoms with Gasteiger partial charge in [-0.05, 0) is 38.2 Å². The highest BCUT2D eigenvalue weighted by molar-refractivity contribution is 6.17. The molecule has 20 heavy (non-hydrogen) atoms. The van der Waals surface area contributed by atoms with Gasteiger partial charge >= 0.3 is 0 Å². The minimum Gasteiger partial charge on any atom is -0.393 e. The van der Waals surface area contributed by atoms with Crippen LogP contribution in [0.5, 0.6) is 0 Å². The third kappa shape index (κ3) is 4.76. The Balaban J connectivity index is 1.81. The lowest BCUT2D eigenvalue weighted by molar-refractivity contribution is -0.0418. The highest BCUT2D eigenvalue weighted by Crippen LogP contribution is 2.24. The number of aliphatic hydroxyl groups excluding tert-OH is 1. The molecule has 0 spiro atoms. The minimum atomic E-state index is -0.302. The van der Waals surface area contributed by atoms with Crippen molar-refractivity contribution in [2.75, 3.05) is 12.5 Å². The number of nitrogens with zero attached hydrogens (tertiary/aromatic N) is 2. The Morgan fingerprint density at radius 1 is 1.40 bits per heavy atom. The van der Waals surface area contributed by atoms with Gasteiger partial charge in [-0.1, -0.05) is 12.8 Å². The van der Waals surface area contributed by atoms with Crippen LogP contribution >= 0.6 is 11.6 Å². The second kappa shape index (κ2) is 8.65. The Kier molecular flexibility index (Phi) is 6.83. The smallest absolute Gasteiger partial charge is 0.150 e. The van der Waals surface area contributed by atoms with E-state index in [1.165, 1.54) is 6.42 Å². The molecule has 2 rings (SSSR count). The molecule has 2 heterocycles. The number of rotatable bonds is 8. The van der Waals surface area contributed by atoms with E-state index in [0.29, 0.717) is 12.3 Å². The zero-order valence-corrected chi connectivity index (χ0v) is 12.8. The summed E-state index contributed by atoms with van der Waals surface area (Å²) in [6, 6.07) is 1.99. The molecule has 5 heteroatoms. The van der Waals surface area contributed by atoms with Crippen LogP contribution in [-0.4, -0.2) is 33.5 Å². The largest absolute Gasteiger partial charge is 0.393 e. The van der Waals surface area contributed by atoms with Crippen LogP contribution in [0.25, 0.3) is 0 Å². The number of ether oxygens (including phenoxy) is 1. The van der Waals surface area contributed by atoms with Crippen molar-refractivity contribution in [2.45, 2.75) is 63.7 Å². The molecule has 0 amide bonds. The van der Waals surface area contributed by atoms with Gasteiger partial charge in [0.1, 0.15) is 6.23 Å². The summed E-state index contributed by atoms with van der Waals surface area (Å²) in [6.07, 6.45) is 9.51. The van der Waals surface area contributed by atoms with Crippen molar-refractivity contribution in [3.8, 4) is 0 Å². The van der Waals surface area contributed by atoms with Gasteiger partial charge in [0.25, 0.3) is 0 Å². The van der Waals surface area contributed by atoms with E-state index in [1.54, 1.807) is 6.20 Å². The summed E-state index contributed by atoms with van der Waals surface area (Å²) in [5.41, 5.74) is 1.07. The zero-order chi connectivity index (χ0) is 14.2. The first-order valence-corrected chi connectivity index (χ1v) is 8.22. The molecule has 1 saturated heterocycles. The summed E-state index contributed by atoms with van der Waals surface area (Å²) in [6.45, 7) is 0.810. The van der Waals surface area contributed by atoms with E-state index < -0.39 is 0 Å². The van der Waals surface area contributed by atoms with Gasteiger partial charge in [0.05, 0.1) is 6.10 Å². The number of hydrogen-bond donors (Lipinski definition) is 1. The molecule has 2 unspecified atom stereocenters. The summed E-state index contributed by atoms with van der Waals surface area (Å²) >= 11 is 5.65. The second-order valence-corrected chi connectivity index (χ2v) is 5.86. The van der Waals surface area contributed by atoms with Crippen LogP contribution < -0.4 is 0 Å². The Morgan fingerprint density at radius 2 is 2.30 bits per heavy atom. The molecule has 2 atom stereocenters. The van der Waals surface area contributed by atoms with Gasteiger partial charge in [0.15, 0.2) is 0 Å². The maximum atomic E-state index is 10.1. The van der Waals surface area contributed by atoms with E-state index in [1.807, 2.05) is 10.7 Å².